The predicted molar refractivity (Wildman–Crippen MR) is 108 cm³/mol. The molecule has 3 aromatic rings. The SMILES string of the molecule is CC(C)c1cc(/N=N/c2ccc(S(=O)(=O)Nc3ccccn3)cc2)ccc1O. The van der Waals surface area contributed by atoms with Gasteiger partial charge in [-0.05, 0) is 66.1 Å². The topological polar surface area (TPSA) is 104 Å². The van der Waals surface area contributed by atoms with E-state index < -0.39 is 10.0 Å². The van der Waals surface area contributed by atoms with Gasteiger partial charge in [0.25, 0.3) is 10.0 Å². The molecule has 0 unspecified atom stereocenters. The number of hydrogen-bond acceptors (Lipinski definition) is 6. The molecule has 0 aliphatic rings. The lowest BCUT2D eigenvalue weighted by Gasteiger charge is -2.08. The number of anilines is 1. The number of phenolic OH excluding ortho intramolecular Hbond substituents is 1. The second kappa shape index (κ2) is 8.18. The quantitative estimate of drug-likeness (QED) is 0.564. The molecule has 0 bridgehead atoms. The summed E-state index contributed by atoms with van der Waals surface area (Å²) in [5.74, 6) is 0.634. The molecule has 0 fully saturated rings. The van der Waals surface area contributed by atoms with E-state index in [0.29, 0.717) is 11.4 Å². The van der Waals surface area contributed by atoms with Gasteiger partial charge in [-0.15, -0.1) is 0 Å². The Morgan fingerprint density at radius 2 is 1.64 bits per heavy atom. The van der Waals surface area contributed by atoms with Gasteiger partial charge in [-0.2, -0.15) is 10.2 Å². The van der Waals surface area contributed by atoms with Crippen molar-refractivity contribution in [3.8, 4) is 5.75 Å². The van der Waals surface area contributed by atoms with Crippen molar-refractivity contribution < 1.29 is 13.5 Å². The van der Waals surface area contributed by atoms with E-state index in [1.165, 1.54) is 18.3 Å². The fraction of sp³-hybridized carbons (Fsp3) is 0.150. The average Bonchev–Trinajstić information content (AvgIpc) is 2.68. The van der Waals surface area contributed by atoms with Crippen LogP contribution in [0.3, 0.4) is 0 Å². The van der Waals surface area contributed by atoms with Crippen LogP contribution in [0.5, 0.6) is 5.75 Å². The molecule has 0 saturated carbocycles. The molecule has 0 atom stereocenters. The fourth-order valence-corrected chi connectivity index (χ4v) is 3.50. The van der Waals surface area contributed by atoms with Gasteiger partial charge in [-0.1, -0.05) is 19.9 Å². The van der Waals surface area contributed by atoms with E-state index in [-0.39, 0.29) is 22.4 Å². The van der Waals surface area contributed by atoms with Gasteiger partial charge in [0.15, 0.2) is 0 Å². The molecule has 0 aliphatic heterocycles. The highest BCUT2D eigenvalue weighted by Gasteiger charge is 2.14. The van der Waals surface area contributed by atoms with Crippen LogP contribution in [0.2, 0.25) is 0 Å². The molecule has 1 heterocycles. The summed E-state index contributed by atoms with van der Waals surface area (Å²) in [6.45, 7) is 3.96. The molecule has 8 heteroatoms. The van der Waals surface area contributed by atoms with Crippen LogP contribution >= 0.6 is 0 Å². The Bertz CT molecular complexity index is 1080. The van der Waals surface area contributed by atoms with E-state index in [9.17, 15) is 13.5 Å². The molecule has 7 nitrogen and oxygen atoms in total. The summed E-state index contributed by atoms with van der Waals surface area (Å²) < 4.78 is 27.2. The summed E-state index contributed by atoms with van der Waals surface area (Å²) >= 11 is 0. The first-order valence-electron chi connectivity index (χ1n) is 8.64. The number of nitrogens with zero attached hydrogens (tertiary/aromatic N) is 3. The van der Waals surface area contributed by atoms with Crippen LogP contribution in [0.15, 0.2) is 82.0 Å². The Labute approximate surface area is 163 Å². The summed E-state index contributed by atoms with van der Waals surface area (Å²) in [6.07, 6.45) is 1.51. The lowest BCUT2D eigenvalue weighted by molar-refractivity contribution is 0.465. The molecular formula is C20H20N4O3S. The number of azo groups is 1. The highest BCUT2D eigenvalue weighted by molar-refractivity contribution is 7.92. The zero-order valence-electron chi connectivity index (χ0n) is 15.4. The van der Waals surface area contributed by atoms with Crippen molar-refractivity contribution in [3.05, 3.63) is 72.4 Å². The molecule has 0 radical (unpaired) electrons. The number of benzene rings is 2. The van der Waals surface area contributed by atoms with Crippen LogP contribution in [0.4, 0.5) is 17.2 Å². The summed E-state index contributed by atoms with van der Waals surface area (Å²) in [4.78, 5) is 4.05. The van der Waals surface area contributed by atoms with Gasteiger partial charge in [-0.25, -0.2) is 13.4 Å². The molecule has 2 aromatic carbocycles. The van der Waals surface area contributed by atoms with Gasteiger partial charge < -0.3 is 5.11 Å². The van der Waals surface area contributed by atoms with Crippen LogP contribution in [0, 0.1) is 0 Å². The Balaban J connectivity index is 1.76. The van der Waals surface area contributed by atoms with Crippen LogP contribution < -0.4 is 4.72 Å². The molecule has 0 amide bonds. The van der Waals surface area contributed by atoms with Crippen molar-refractivity contribution in [1.82, 2.24) is 4.98 Å². The monoisotopic (exact) mass is 396 g/mol. The number of rotatable bonds is 6. The van der Waals surface area contributed by atoms with Crippen LogP contribution in [-0.4, -0.2) is 18.5 Å². The minimum absolute atomic E-state index is 0.101. The van der Waals surface area contributed by atoms with E-state index in [2.05, 4.69) is 19.9 Å². The average molecular weight is 396 g/mol. The second-order valence-corrected chi connectivity index (χ2v) is 8.09. The highest BCUT2D eigenvalue weighted by Crippen LogP contribution is 2.30. The molecule has 0 aliphatic carbocycles. The Kier molecular flexibility index (Phi) is 5.70. The number of pyridine rings is 1. The maximum Gasteiger partial charge on any atom is 0.263 e. The van der Waals surface area contributed by atoms with Gasteiger partial charge in [0.05, 0.1) is 16.3 Å². The van der Waals surface area contributed by atoms with E-state index in [4.69, 9.17) is 0 Å². The van der Waals surface area contributed by atoms with Crippen LogP contribution in [-0.2, 0) is 10.0 Å². The molecule has 144 valence electrons. The number of aromatic nitrogens is 1. The largest absolute Gasteiger partial charge is 0.508 e. The third-order valence-corrected chi connectivity index (χ3v) is 5.34. The standard InChI is InChI=1S/C20H20N4O3S/c1-14(2)18-13-16(8-11-19(18)25)23-22-15-6-9-17(10-7-15)28(26,27)24-20-5-3-4-12-21-20/h3-14,25H,1-2H3,(H,21,24)/b23-22+. The van der Waals surface area contributed by atoms with E-state index in [0.717, 1.165) is 5.56 Å². The lowest BCUT2D eigenvalue weighted by atomic mass is 10.0. The van der Waals surface area contributed by atoms with Gasteiger partial charge >= 0.3 is 0 Å². The summed E-state index contributed by atoms with van der Waals surface area (Å²) in [5, 5.41) is 18.2. The van der Waals surface area contributed by atoms with Crippen molar-refractivity contribution in [2.75, 3.05) is 4.72 Å². The van der Waals surface area contributed by atoms with Gasteiger partial charge in [0.1, 0.15) is 11.6 Å². The summed E-state index contributed by atoms with van der Waals surface area (Å²) in [5.41, 5.74) is 1.91. The molecule has 1 aromatic heterocycles. The van der Waals surface area contributed by atoms with Gasteiger partial charge in [0.2, 0.25) is 0 Å². The molecule has 2 N–H and O–H groups in total. The van der Waals surface area contributed by atoms with Crippen molar-refractivity contribution in [3.63, 3.8) is 0 Å². The normalized spacial score (nSPS) is 11.8. The maximum absolute atomic E-state index is 12.4. The minimum atomic E-state index is -3.73. The minimum Gasteiger partial charge on any atom is -0.508 e. The molecular weight excluding hydrogens is 376 g/mol. The smallest absolute Gasteiger partial charge is 0.263 e. The third kappa shape index (κ3) is 4.72. The zero-order valence-corrected chi connectivity index (χ0v) is 16.3. The van der Waals surface area contributed by atoms with Gasteiger partial charge in [-0.3, -0.25) is 4.72 Å². The van der Waals surface area contributed by atoms with Crippen molar-refractivity contribution in [2.24, 2.45) is 10.2 Å². The van der Waals surface area contributed by atoms with Crippen LogP contribution in [0.25, 0.3) is 0 Å². The molecule has 0 spiro atoms. The predicted octanol–water partition coefficient (Wildman–Crippen LogP) is 5.13. The van der Waals surface area contributed by atoms with Crippen molar-refractivity contribution in [2.45, 2.75) is 24.7 Å². The number of sulfonamides is 1. The fourth-order valence-electron chi connectivity index (χ4n) is 2.49. The van der Waals surface area contributed by atoms with E-state index >= 15 is 0 Å². The van der Waals surface area contributed by atoms with Crippen LogP contribution in [0.1, 0.15) is 25.3 Å². The maximum atomic E-state index is 12.4. The first kappa shape index (κ1) is 19.5. The third-order valence-electron chi connectivity index (χ3n) is 3.96. The van der Waals surface area contributed by atoms with E-state index in [1.807, 2.05) is 13.8 Å². The van der Waals surface area contributed by atoms with Gasteiger partial charge in [0, 0.05) is 6.20 Å². The molecule has 0 saturated heterocycles. The summed E-state index contributed by atoms with van der Waals surface area (Å²) in [6, 6.07) is 16.1. The highest BCUT2D eigenvalue weighted by atomic mass is 32.2. The van der Waals surface area contributed by atoms with Crippen molar-refractivity contribution >= 4 is 27.2 Å². The zero-order chi connectivity index (χ0) is 20.1. The number of aromatic hydroxyl groups is 1. The molecule has 28 heavy (non-hydrogen) atoms. The first-order valence-corrected chi connectivity index (χ1v) is 10.1. The van der Waals surface area contributed by atoms with E-state index in [1.54, 1.807) is 48.5 Å². The Morgan fingerprint density at radius 1 is 0.964 bits per heavy atom. The number of hydrogen-bond donors (Lipinski definition) is 2. The second-order valence-electron chi connectivity index (χ2n) is 6.41. The first-order chi connectivity index (χ1) is 13.3. The molecule has 3 rings (SSSR count). The Hall–Kier alpha value is -3.26. The number of nitrogens with one attached hydrogen (secondary N) is 1. The number of phenols is 1. The Morgan fingerprint density at radius 3 is 2.29 bits per heavy atom. The van der Waals surface area contributed by atoms with Crippen molar-refractivity contribution in [1.29, 1.82) is 0 Å². The summed E-state index contributed by atoms with van der Waals surface area (Å²) in [7, 11) is -3.73. The lowest BCUT2D eigenvalue weighted by Crippen LogP contribution is -2.13.